The predicted molar refractivity (Wildman–Crippen MR) is 61.8 cm³/mol. The van der Waals surface area contributed by atoms with Crippen molar-refractivity contribution < 1.29 is 37.8 Å². The van der Waals surface area contributed by atoms with Crippen molar-refractivity contribution >= 4 is 27.9 Å². The summed E-state index contributed by atoms with van der Waals surface area (Å²) in [6.45, 7) is 1.49. The number of rotatable bonds is 9. The number of aliphatic carboxylic acids is 2. The molecule has 0 aromatic heterocycles. The molecule has 0 bridgehead atoms. The lowest BCUT2D eigenvalue weighted by atomic mass is 10.2. The standard InChI is InChI=1S/C9H15NO8S/c1-2-18-8(13)5-19(16,17)10-6(9(14)15)3-4-7(11)12/h6,10H,2-5H2,1H3,(H,11,12)(H,14,15)/t6-/m0/s1. The van der Waals surface area contributed by atoms with Crippen LogP contribution in [0.4, 0.5) is 0 Å². The molecule has 0 saturated heterocycles. The summed E-state index contributed by atoms with van der Waals surface area (Å²) in [5, 5.41) is 17.2. The van der Waals surface area contributed by atoms with Gasteiger partial charge in [-0.15, -0.1) is 0 Å². The minimum atomic E-state index is -4.19. The minimum Gasteiger partial charge on any atom is -0.481 e. The van der Waals surface area contributed by atoms with Gasteiger partial charge in [-0.1, -0.05) is 0 Å². The molecular formula is C9H15NO8S. The highest BCUT2D eigenvalue weighted by Gasteiger charge is 2.26. The van der Waals surface area contributed by atoms with E-state index in [2.05, 4.69) is 4.74 Å². The van der Waals surface area contributed by atoms with Crippen LogP contribution >= 0.6 is 0 Å². The summed E-state index contributed by atoms with van der Waals surface area (Å²) < 4.78 is 29.1. The highest BCUT2D eigenvalue weighted by Crippen LogP contribution is 2.01. The normalized spacial score (nSPS) is 12.7. The summed E-state index contributed by atoms with van der Waals surface area (Å²) >= 11 is 0. The fourth-order valence-electron chi connectivity index (χ4n) is 1.12. The third-order valence-corrected chi connectivity index (χ3v) is 3.14. The monoisotopic (exact) mass is 297 g/mol. The maximum Gasteiger partial charge on any atom is 0.322 e. The quantitative estimate of drug-likeness (QED) is 0.449. The molecule has 0 fully saturated rings. The van der Waals surface area contributed by atoms with E-state index in [1.54, 1.807) is 4.72 Å². The fourth-order valence-corrected chi connectivity index (χ4v) is 2.25. The third kappa shape index (κ3) is 8.11. The summed E-state index contributed by atoms with van der Waals surface area (Å²) in [5.74, 6) is -4.81. The first kappa shape index (κ1) is 17.3. The van der Waals surface area contributed by atoms with E-state index in [4.69, 9.17) is 10.2 Å². The molecule has 0 heterocycles. The largest absolute Gasteiger partial charge is 0.481 e. The van der Waals surface area contributed by atoms with Crippen LogP contribution in [0.1, 0.15) is 19.8 Å². The van der Waals surface area contributed by atoms with E-state index in [-0.39, 0.29) is 6.61 Å². The number of carboxylic acids is 2. The maximum absolute atomic E-state index is 11.5. The first-order valence-electron chi connectivity index (χ1n) is 5.28. The van der Waals surface area contributed by atoms with Crippen LogP contribution in [-0.2, 0) is 29.1 Å². The Morgan fingerprint density at radius 1 is 1.26 bits per heavy atom. The number of hydrogen-bond acceptors (Lipinski definition) is 6. The fraction of sp³-hybridized carbons (Fsp3) is 0.667. The van der Waals surface area contributed by atoms with Crippen molar-refractivity contribution in [3.05, 3.63) is 0 Å². The number of carbonyl (C=O) groups is 3. The van der Waals surface area contributed by atoms with Crippen LogP contribution in [0.2, 0.25) is 0 Å². The number of sulfonamides is 1. The number of esters is 1. The molecule has 3 N–H and O–H groups in total. The Hall–Kier alpha value is -1.68. The van der Waals surface area contributed by atoms with Gasteiger partial charge in [-0.25, -0.2) is 13.1 Å². The zero-order valence-corrected chi connectivity index (χ0v) is 11.0. The SMILES string of the molecule is CCOC(=O)CS(=O)(=O)N[C@@H](CCC(=O)O)C(=O)O. The lowest BCUT2D eigenvalue weighted by Crippen LogP contribution is -2.43. The maximum atomic E-state index is 11.5. The Labute approximate surface area is 109 Å². The predicted octanol–water partition coefficient (Wildman–Crippen LogP) is -1.21. The van der Waals surface area contributed by atoms with Gasteiger partial charge >= 0.3 is 17.9 Å². The molecule has 0 rings (SSSR count). The third-order valence-electron chi connectivity index (χ3n) is 1.88. The Morgan fingerprint density at radius 2 is 1.84 bits per heavy atom. The van der Waals surface area contributed by atoms with Crippen LogP contribution in [0.5, 0.6) is 0 Å². The van der Waals surface area contributed by atoms with E-state index >= 15 is 0 Å². The average Bonchev–Trinajstić information content (AvgIpc) is 2.22. The average molecular weight is 297 g/mol. The smallest absolute Gasteiger partial charge is 0.322 e. The van der Waals surface area contributed by atoms with E-state index in [9.17, 15) is 22.8 Å². The molecule has 0 aliphatic rings. The Morgan fingerprint density at radius 3 is 2.26 bits per heavy atom. The lowest BCUT2D eigenvalue weighted by molar-refractivity contribution is -0.141. The summed E-state index contributed by atoms with van der Waals surface area (Å²) in [6, 6.07) is -1.60. The molecule has 1 atom stereocenters. The van der Waals surface area contributed by atoms with Crippen molar-refractivity contribution in [1.29, 1.82) is 0 Å². The van der Waals surface area contributed by atoms with Crippen molar-refractivity contribution in [2.24, 2.45) is 0 Å². The molecule has 19 heavy (non-hydrogen) atoms. The molecular weight excluding hydrogens is 282 g/mol. The second-order valence-corrected chi connectivity index (χ2v) is 5.26. The molecule has 0 saturated carbocycles. The number of carboxylic acid groups (broad SMARTS) is 2. The van der Waals surface area contributed by atoms with Crippen LogP contribution in [0.15, 0.2) is 0 Å². The number of carbonyl (C=O) groups excluding carboxylic acids is 1. The molecule has 0 aromatic rings. The number of nitrogens with one attached hydrogen (secondary N) is 1. The molecule has 9 nitrogen and oxygen atoms in total. The first-order chi connectivity index (χ1) is 8.68. The Kier molecular flexibility index (Phi) is 7.01. The van der Waals surface area contributed by atoms with Gasteiger partial charge < -0.3 is 14.9 Å². The second-order valence-electron chi connectivity index (χ2n) is 3.51. The van der Waals surface area contributed by atoms with Crippen molar-refractivity contribution in [3.63, 3.8) is 0 Å². The van der Waals surface area contributed by atoms with E-state index in [0.29, 0.717) is 0 Å². The highest BCUT2D eigenvalue weighted by atomic mass is 32.2. The second kappa shape index (κ2) is 7.69. The first-order valence-corrected chi connectivity index (χ1v) is 6.93. The van der Waals surface area contributed by atoms with Gasteiger partial charge in [-0.05, 0) is 13.3 Å². The lowest BCUT2D eigenvalue weighted by Gasteiger charge is -2.13. The molecule has 0 aliphatic heterocycles. The number of hydrogen-bond donors (Lipinski definition) is 3. The van der Waals surface area contributed by atoms with Gasteiger partial charge in [0.15, 0.2) is 5.75 Å². The van der Waals surface area contributed by atoms with Crippen LogP contribution in [0.25, 0.3) is 0 Å². The molecule has 0 aliphatic carbocycles. The summed E-state index contributed by atoms with van der Waals surface area (Å²) in [5.41, 5.74) is 0. The van der Waals surface area contributed by atoms with Crippen LogP contribution in [0, 0.1) is 0 Å². The molecule has 10 heteroatoms. The van der Waals surface area contributed by atoms with E-state index < -0.39 is 52.6 Å². The van der Waals surface area contributed by atoms with Gasteiger partial charge in [0.1, 0.15) is 6.04 Å². The molecule has 0 aromatic carbocycles. The molecule has 0 spiro atoms. The van der Waals surface area contributed by atoms with E-state index in [1.165, 1.54) is 6.92 Å². The van der Waals surface area contributed by atoms with Gasteiger partial charge in [0, 0.05) is 6.42 Å². The molecule has 110 valence electrons. The van der Waals surface area contributed by atoms with Crippen molar-refractivity contribution in [2.45, 2.75) is 25.8 Å². The zero-order chi connectivity index (χ0) is 15.1. The van der Waals surface area contributed by atoms with E-state index in [1.807, 2.05) is 0 Å². The molecule has 0 radical (unpaired) electrons. The van der Waals surface area contributed by atoms with Crippen LogP contribution in [0.3, 0.4) is 0 Å². The van der Waals surface area contributed by atoms with E-state index in [0.717, 1.165) is 0 Å². The summed E-state index contributed by atoms with van der Waals surface area (Å²) in [6.07, 6.45) is -0.939. The van der Waals surface area contributed by atoms with Crippen molar-refractivity contribution in [1.82, 2.24) is 4.72 Å². The van der Waals surface area contributed by atoms with Crippen LogP contribution < -0.4 is 4.72 Å². The topological polar surface area (TPSA) is 147 Å². The number of ether oxygens (including phenoxy) is 1. The minimum absolute atomic E-state index is 0.00424. The van der Waals surface area contributed by atoms with Gasteiger partial charge in [0.2, 0.25) is 10.0 Å². The van der Waals surface area contributed by atoms with Crippen molar-refractivity contribution in [2.75, 3.05) is 12.4 Å². The molecule has 0 unspecified atom stereocenters. The van der Waals surface area contributed by atoms with Gasteiger partial charge in [0.05, 0.1) is 6.61 Å². The summed E-state index contributed by atoms with van der Waals surface area (Å²) in [4.78, 5) is 32.1. The highest BCUT2D eigenvalue weighted by molar-refractivity contribution is 7.90. The van der Waals surface area contributed by atoms with Gasteiger partial charge in [0.25, 0.3) is 0 Å². The summed E-state index contributed by atoms with van der Waals surface area (Å²) in [7, 11) is -4.19. The molecule has 0 amide bonds. The Balaban J connectivity index is 4.60. The van der Waals surface area contributed by atoms with Crippen LogP contribution in [-0.4, -0.2) is 54.9 Å². The zero-order valence-electron chi connectivity index (χ0n) is 10.2. The van der Waals surface area contributed by atoms with Gasteiger partial charge in [-0.2, -0.15) is 0 Å². The van der Waals surface area contributed by atoms with Crippen molar-refractivity contribution in [3.8, 4) is 0 Å². The Bertz CT molecular complexity index is 443. The van der Waals surface area contributed by atoms with Gasteiger partial charge in [-0.3, -0.25) is 14.4 Å².